The normalized spacial score (nSPS) is 25.3. The summed E-state index contributed by atoms with van der Waals surface area (Å²) in [5, 5.41) is 6.72. The minimum atomic E-state index is -0.0594. The molecule has 2 rings (SSSR count). The highest BCUT2D eigenvalue weighted by molar-refractivity contribution is 7.09. The molecule has 1 atom stereocenters. The van der Waals surface area contributed by atoms with Crippen molar-refractivity contribution in [1.82, 2.24) is 10.3 Å². The number of ether oxygens (including phenoxy) is 1. The molecule has 0 radical (unpaired) electrons. The van der Waals surface area contributed by atoms with E-state index >= 15 is 0 Å². The molecular weight excluding hydrogens is 208 g/mol. The molecule has 4 heteroatoms. The summed E-state index contributed by atoms with van der Waals surface area (Å²) < 4.78 is 6.00. The van der Waals surface area contributed by atoms with E-state index < -0.39 is 0 Å². The van der Waals surface area contributed by atoms with E-state index in [-0.39, 0.29) is 11.6 Å². The standard InChI is InChI=1S/C11H18N2OS/c1-3-11(4-2)9(12-5-7-14-11)10-13-6-8-15-10/h6,8-9,12H,3-5,7H2,1-2H3. The highest BCUT2D eigenvalue weighted by Crippen LogP contribution is 2.37. The van der Waals surface area contributed by atoms with Gasteiger partial charge in [0.25, 0.3) is 0 Å². The SMILES string of the molecule is CCC1(CC)OCCNC1c1nccs1. The van der Waals surface area contributed by atoms with Gasteiger partial charge < -0.3 is 10.1 Å². The van der Waals surface area contributed by atoms with E-state index in [1.807, 2.05) is 11.6 Å². The molecule has 15 heavy (non-hydrogen) atoms. The molecule has 0 aromatic carbocycles. The zero-order chi connectivity index (χ0) is 10.7. The fraction of sp³-hybridized carbons (Fsp3) is 0.727. The van der Waals surface area contributed by atoms with E-state index in [2.05, 4.69) is 24.1 Å². The topological polar surface area (TPSA) is 34.1 Å². The van der Waals surface area contributed by atoms with E-state index in [1.165, 1.54) is 0 Å². The number of hydrogen-bond acceptors (Lipinski definition) is 4. The second-order valence-electron chi connectivity index (χ2n) is 3.88. The van der Waals surface area contributed by atoms with E-state index in [0.29, 0.717) is 0 Å². The highest BCUT2D eigenvalue weighted by Gasteiger charge is 2.41. The molecule has 1 unspecified atom stereocenters. The predicted octanol–water partition coefficient (Wildman–Crippen LogP) is 2.36. The molecule has 2 heterocycles. The van der Waals surface area contributed by atoms with Crippen LogP contribution in [0.1, 0.15) is 37.7 Å². The molecule has 0 saturated carbocycles. The summed E-state index contributed by atoms with van der Waals surface area (Å²) in [5.41, 5.74) is -0.0594. The maximum Gasteiger partial charge on any atom is 0.112 e. The molecule has 1 fully saturated rings. The highest BCUT2D eigenvalue weighted by atomic mass is 32.1. The zero-order valence-corrected chi connectivity index (χ0v) is 10.1. The molecule has 0 amide bonds. The van der Waals surface area contributed by atoms with Crippen molar-refractivity contribution in [2.45, 2.75) is 38.3 Å². The lowest BCUT2D eigenvalue weighted by atomic mass is 9.87. The van der Waals surface area contributed by atoms with Crippen molar-refractivity contribution in [1.29, 1.82) is 0 Å². The minimum absolute atomic E-state index is 0.0594. The first-order chi connectivity index (χ1) is 7.32. The monoisotopic (exact) mass is 226 g/mol. The summed E-state index contributed by atoms with van der Waals surface area (Å²) >= 11 is 1.71. The van der Waals surface area contributed by atoms with Gasteiger partial charge in [0.2, 0.25) is 0 Å². The zero-order valence-electron chi connectivity index (χ0n) is 9.32. The third-order valence-corrected chi connectivity index (χ3v) is 4.10. The van der Waals surface area contributed by atoms with E-state index in [9.17, 15) is 0 Å². The predicted molar refractivity (Wildman–Crippen MR) is 62.1 cm³/mol. The Kier molecular flexibility index (Phi) is 3.38. The molecule has 1 aliphatic rings. The Morgan fingerprint density at radius 1 is 1.60 bits per heavy atom. The Morgan fingerprint density at radius 2 is 2.40 bits per heavy atom. The molecule has 3 nitrogen and oxygen atoms in total. The molecule has 1 N–H and O–H groups in total. The molecule has 1 saturated heterocycles. The lowest BCUT2D eigenvalue weighted by molar-refractivity contribution is -0.103. The fourth-order valence-corrected chi connectivity index (χ4v) is 3.10. The summed E-state index contributed by atoms with van der Waals surface area (Å²) in [6.45, 7) is 6.11. The minimum Gasteiger partial charge on any atom is -0.372 e. The van der Waals surface area contributed by atoms with Crippen molar-refractivity contribution in [3.8, 4) is 0 Å². The Hall–Kier alpha value is -0.450. The first kappa shape index (κ1) is 11.0. The Balaban J connectivity index is 2.26. The van der Waals surface area contributed by atoms with Crippen LogP contribution in [0.25, 0.3) is 0 Å². The second kappa shape index (κ2) is 4.60. The van der Waals surface area contributed by atoms with Crippen molar-refractivity contribution < 1.29 is 4.74 Å². The first-order valence-electron chi connectivity index (χ1n) is 5.59. The summed E-state index contributed by atoms with van der Waals surface area (Å²) in [6.07, 6.45) is 3.92. The lowest BCUT2D eigenvalue weighted by Gasteiger charge is -2.42. The number of nitrogens with zero attached hydrogens (tertiary/aromatic N) is 1. The van der Waals surface area contributed by atoms with Crippen molar-refractivity contribution in [3.63, 3.8) is 0 Å². The van der Waals surface area contributed by atoms with Crippen LogP contribution in [0.15, 0.2) is 11.6 Å². The van der Waals surface area contributed by atoms with Crippen LogP contribution in [0.3, 0.4) is 0 Å². The molecule has 1 aromatic heterocycles. The van der Waals surface area contributed by atoms with Gasteiger partial charge in [0.15, 0.2) is 0 Å². The van der Waals surface area contributed by atoms with Crippen LogP contribution in [0.2, 0.25) is 0 Å². The van der Waals surface area contributed by atoms with Gasteiger partial charge in [-0.1, -0.05) is 13.8 Å². The third-order valence-electron chi connectivity index (χ3n) is 3.26. The Morgan fingerprint density at radius 3 is 3.00 bits per heavy atom. The summed E-state index contributed by atoms with van der Waals surface area (Å²) in [5.74, 6) is 0. The Labute approximate surface area is 94.9 Å². The molecular formula is C11H18N2OS. The van der Waals surface area contributed by atoms with Gasteiger partial charge in [-0.05, 0) is 12.8 Å². The van der Waals surface area contributed by atoms with Gasteiger partial charge in [-0.2, -0.15) is 0 Å². The maximum atomic E-state index is 6.00. The summed E-state index contributed by atoms with van der Waals surface area (Å²) in [4.78, 5) is 4.41. The van der Waals surface area contributed by atoms with Crippen molar-refractivity contribution >= 4 is 11.3 Å². The van der Waals surface area contributed by atoms with Crippen LogP contribution in [0.5, 0.6) is 0 Å². The van der Waals surface area contributed by atoms with Gasteiger partial charge in [-0.25, -0.2) is 4.98 Å². The van der Waals surface area contributed by atoms with Crippen LogP contribution in [-0.4, -0.2) is 23.7 Å². The fourth-order valence-electron chi connectivity index (χ4n) is 2.28. The van der Waals surface area contributed by atoms with Gasteiger partial charge in [-0.15, -0.1) is 11.3 Å². The van der Waals surface area contributed by atoms with Crippen LogP contribution >= 0.6 is 11.3 Å². The van der Waals surface area contributed by atoms with Crippen LogP contribution in [0.4, 0.5) is 0 Å². The van der Waals surface area contributed by atoms with Gasteiger partial charge in [0.05, 0.1) is 18.2 Å². The van der Waals surface area contributed by atoms with Gasteiger partial charge >= 0.3 is 0 Å². The van der Waals surface area contributed by atoms with E-state index in [1.54, 1.807) is 11.3 Å². The largest absolute Gasteiger partial charge is 0.372 e. The van der Waals surface area contributed by atoms with Crippen molar-refractivity contribution in [2.24, 2.45) is 0 Å². The quantitative estimate of drug-likeness (QED) is 0.859. The van der Waals surface area contributed by atoms with Gasteiger partial charge in [-0.3, -0.25) is 0 Å². The van der Waals surface area contributed by atoms with Crippen LogP contribution in [0, 0.1) is 0 Å². The molecule has 1 aliphatic heterocycles. The third kappa shape index (κ3) is 1.94. The number of thiazole rings is 1. The number of rotatable bonds is 3. The molecule has 84 valence electrons. The number of aromatic nitrogens is 1. The smallest absolute Gasteiger partial charge is 0.112 e. The van der Waals surface area contributed by atoms with Crippen molar-refractivity contribution in [3.05, 3.63) is 16.6 Å². The van der Waals surface area contributed by atoms with Crippen LogP contribution < -0.4 is 5.32 Å². The average Bonchev–Trinajstić information content (AvgIpc) is 2.82. The second-order valence-corrected chi connectivity index (χ2v) is 4.80. The molecule has 1 aromatic rings. The molecule has 0 bridgehead atoms. The Bertz CT molecular complexity index is 296. The summed E-state index contributed by atoms with van der Waals surface area (Å²) in [6, 6.07) is 0.265. The van der Waals surface area contributed by atoms with Crippen LogP contribution in [-0.2, 0) is 4.74 Å². The molecule has 0 aliphatic carbocycles. The lowest BCUT2D eigenvalue weighted by Crippen LogP contribution is -2.51. The van der Waals surface area contributed by atoms with E-state index in [0.717, 1.165) is 31.0 Å². The average molecular weight is 226 g/mol. The molecule has 0 spiro atoms. The number of hydrogen-bond donors (Lipinski definition) is 1. The van der Waals surface area contributed by atoms with E-state index in [4.69, 9.17) is 4.74 Å². The maximum absolute atomic E-state index is 6.00. The number of morpholine rings is 1. The van der Waals surface area contributed by atoms with Gasteiger partial charge in [0.1, 0.15) is 5.01 Å². The van der Waals surface area contributed by atoms with Gasteiger partial charge in [0, 0.05) is 18.1 Å². The first-order valence-corrected chi connectivity index (χ1v) is 6.47. The number of nitrogens with one attached hydrogen (secondary N) is 1. The van der Waals surface area contributed by atoms with Crippen molar-refractivity contribution in [2.75, 3.05) is 13.2 Å². The summed E-state index contributed by atoms with van der Waals surface area (Å²) in [7, 11) is 0.